The summed E-state index contributed by atoms with van der Waals surface area (Å²) in [6.45, 7) is 1.49. The summed E-state index contributed by atoms with van der Waals surface area (Å²) in [5, 5.41) is 2.43. The lowest BCUT2D eigenvalue weighted by Crippen LogP contribution is -2.56. The Kier molecular flexibility index (Phi) is 6.17. The number of amides is 3. The first-order valence-electron chi connectivity index (χ1n) is 10.2. The van der Waals surface area contributed by atoms with Gasteiger partial charge in [-0.15, -0.1) is 0 Å². The van der Waals surface area contributed by atoms with E-state index >= 15 is 0 Å². The Morgan fingerprint density at radius 3 is 2.06 bits per heavy atom. The van der Waals surface area contributed by atoms with E-state index in [9.17, 15) is 19.2 Å². The van der Waals surface area contributed by atoms with Crippen LogP contribution in [0.15, 0.2) is 60.7 Å². The number of imide groups is 1. The number of rotatable bonds is 5. The molecule has 1 aliphatic heterocycles. The largest absolute Gasteiger partial charge is 0.292 e. The first-order chi connectivity index (χ1) is 15.3. The Bertz CT molecular complexity index is 1100. The fraction of sp³-hybridized carbons (Fsp3) is 0.250. The fourth-order valence-electron chi connectivity index (χ4n) is 4.16. The molecule has 2 aromatic rings. The molecular weight excluding hydrogens is 451 g/mol. The molecule has 0 N–H and O–H groups in total. The monoisotopic (exact) mass is 470 g/mol. The number of hydrogen-bond acceptors (Lipinski definition) is 4. The predicted molar refractivity (Wildman–Crippen MR) is 120 cm³/mol. The van der Waals surface area contributed by atoms with Gasteiger partial charge in [-0.25, -0.2) is 5.01 Å². The summed E-state index contributed by atoms with van der Waals surface area (Å²) in [6, 6.07) is 11.4. The molecule has 0 saturated carbocycles. The predicted octanol–water partition coefficient (Wildman–Crippen LogP) is 4.57. The second kappa shape index (κ2) is 8.88. The molecule has 3 atom stereocenters. The molecule has 1 fully saturated rings. The van der Waals surface area contributed by atoms with E-state index in [0.29, 0.717) is 23.4 Å². The number of fused-ring (bicyclic) bond motifs is 1. The molecule has 4 rings (SSSR count). The number of halogens is 2. The summed E-state index contributed by atoms with van der Waals surface area (Å²) in [5.74, 6) is -3.20. The van der Waals surface area contributed by atoms with Crippen molar-refractivity contribution in [2.24, 2.45) is 11.8 Å². The third-order valence-electron chi connectivity index (χ3n) is 5.89. The zero-order valence-corrected chi connectivity index (χ0v) is 18.7. The molecule has 1 saturated heterocycles. The number of nitrogens with zero attached hydrogens (tertiary/aromatic N) is 2. The maximum Gasteiger partial charge on any atom is 0.275 e. The Balaban J connectivity index is 1.76. The smallest absolute Gasteiger partial charge is 0.275 e. The number of carbonyl (C=O) groups excluding carboxylic acids is 4. The van der Waals surface area contributed by atoms with Crippen molar-refractivity contribution in [1.82, 2.24) is 10.0 Å². The molecule has 2 aromatic carbocycles. The van der Waals surface area contributed by atoms with Gasteiger partial charge in [0.15, 0.2) is 5.78 Å². The van der Waals surface area contributed by atoms with Gasteiger partial charge in [0.25, 0.3) is 17.7 Å². The van der Waals surface area contributed by atoms with Crippen LogP contribution in [-0.2, 0) is 9.59 Å². The molecule has 0 spiro atoms. The Morgan fingerprint density at radius 2 is 1.50 bits per heavy atom. The van der Waals surface area contributed by atoms with Gasteiger partial charge in [-0.1, -0.05) is 47.5 Å². The zero-order valence-electron chi connectivity index (χ0n) is 17.2. The van der Waals surface area contributed by atoms with Crippen LogP contribution in [0.3, 0.4) is 0 Å². The molecule has 0 unspecified atom stereocenters. The standard InChI is InChI=1S/C24H20Cl2N2O4/c1-14(21(29)15-10-12-16(25)13-11-15)27(24(32)19-8-4-5-9-20(19)26)28-22(30)17-6-2-3-7-18(17)23(28)31/h2-5,8-14,17-18H,6-7H2,1H3/t14-,17-,18+/m0/s1. The van der Waals surface area contributed by atoms with E-state index in [-0.39, 0.29) is 10.6 Å². The van der Waals surface area contributed by atoms with Gasteiger partial charge in [-0.3, -0.25) is 19.2 Å². The lowest BCUT2D eigenvalue weighted by atomic mass is 9.85. The van der Waals surface area contributed by atoms with E-state index < -0.39 is 41.4 Å². The van der Waals surface area contributed by atoms with E-state index in [2.05, 4.69) is 0 Å². The lowest BCUT2D eigenvalue weighted by Gasteiger charge is -2.35. The van der Waals surface area contributed by atoms with Crippen LogP contribution in [0.1, 0.15) is 40.5 Å². The quantitative estimate of drug-likeness (QED) is 0.364. The fourth-order valence-corrected chi connectivity index (χ4v) is 4.50. The van der Waals surface area contributed by atoms with Crippen LogP contribution >= 0.6 is 23.2 Å². The minimum atomic E-state index is -1.14. The van der Waals surface area contributed by atoms with Crippen LogP contribution in [-0.4, -0.2) is 39.6 Å². The van der Waals surface area contributed by atoms with Gasteiger partial charge in [0.1, 0.15) is 6.04 Å². The Labute approximate surface area is 195 Å². The summed E-state index contributed by atoms with van der Waals surface area (Å²) in [5.41, 5.74) is 0.399. The van der Waals surface area contributed by atoms with E-state index in [1.807, 2.05) is 12.2 Å². The SMILES string of the molecule is C[C@@H](C(=O)c1ccc(Cl)cc1)N(C(=O)c1ccccc1Cl)N1C(=O)[C@H]2CC=CC[C@H]2C1=O. The molecule has 6 nitrogen and oxygen atoms in total. The van der Waals surface area contributed by atoms with Crippen LogP contribution in [0.2, 0.25) is 10.0 Å². The second-order valence-electron chi connectivity index (χ2n) is 7.82. The normalized spacial score (nSPS) is 20.8. The lowest BCUT2D eigenvalue weighted by molar-refractivity contribution is -0.156. The first-order valence-corrected chi connectivity index (χ1v) is 11.0. The van der Waals surface area contributed by atoms with Crippen molar-refractivity contribution in [3.8, 4) is 0 Å². The second-order valence-corrected chi connectivity index (χ2v) is 8.66. The van der Waals surface area contributed by atoms with Crippen LogP contribution in [0.25, 0.3) is 0 Å². The van der Waals surface area contributed by atoms with Crippen LogP contribution in [0, 0.1) is 11.8 Å². The molecule has 8 heteroatoms. The van der Waals surface area contributed by atoms with Gasteiger partial charge >= 0.3 is 0 Å². The number of benzene rings is 2. The number of carbonyl (C=O) groups is 4. The van der Waals surface area contributed by atoms with Crippen molar-refractivity contribution < 1.29 is 19.2 Å². The van der Waals surface area contributed by atoms with Gasteiger partial charge in [0.2, 0.25) is 0 Å². The average Bonchev–Trinajstić information content (AvgIpc) is 3.05. The minimum absolute atomic E-state index is 0.0959. The number of ketones is 1. The van der Waals surface area contributed by atoms with Crippen LogP contribution in [0.4, 0.5) is 0 Å². The van der Waals surface area contributed by atoms with Crippen molar-refractivity contribution in [2.45, 2.75) is 25.8 Å². The summed E-state index contributed by atoms with van der Waals surface area (Å²) in [6.07, 6.45) is 4.55. The topological polar surface area (TPSA) is 74.8 Å². The number of hydrazine groups is 1. The van der Waals surface area contributed by atoms with E-state index in [0.717, 1.165) is 10.0 Å². The highest BCUT2D eigenvalue weighted by molar-refractivity contribution is 6.34. The third kappa shape index (κ3) is 3.85. The molecule has 1 aliphatic carbocycles. The van der Waals surface area contributed by atoms with Crippen LogP contribution < -0.4 is 0 Å². The molecule has 2 aliphatic rings. The molecule has 0 radical (unpaired) electrons. The Morgan fingerprint density at radius 1 is 0.938 bits per heavy atom. The number of allylic oxidation sites excluding steroid dienone is 2. The maximum absolute atomic E-state index is 13.6. The Hall–Kier alpha value is -2.96. The molecule has 0 aromatic heterocycles. The van der Waals surface area contributed by atoms with Gasteiger partial charge < -0.3 is 0 Å². The summed E-state index contributed by atoms with van der Waals surface area (Å²) >= 11 is 12.2. The zero-order chi connectivity index (χ0) is 23.0. The molecule has 164 valence electrons. The summed E-state index contributed by atoms with van der Waals surface area (Å²) < 4.78 is 0. The van der Waals surface area contributed by atoms with Gasteiger partial charge in [-0.05, 0) is 56.2 Å². The van der Waals surface area contributed by atoms with Crippen molar-refractivity contribution >= 4 is 46.7 Å². The summed E-state index contributed by atoms with van der Waals surface area (Å²) in [7, 11) is 0. The highest BCUT2D eigenvalue weighted by atomic mass is 35.5. The highest BCUT2D eigenvalue weighted by Crippen LogP contribution is 2.37. The van der Waals surface area contributed by atoms with Crippen molar-refractivity contribution in [3.05, 3.63) is 81.9 Å². The first kappa shape index (κ1) is 22.2. The summed E-state index contributed by atoms with van der Waals surface area (Å²) in [4.78, 5) is 53.3. The van der Waals surface area contributed by atoms with Crippen molar-refractivity contribution in [1.29, 1.82) is 0 Å². The molecule has 0 bridgehead atoms. The van der Waals surface area contributed by atoms with Gasteiger partial charge in [-0.2, -0.15) is 5.01 Å². The van der Waals surface area contributed by atoms with E-state index in [1.54, 1.807) is 24.3 Å². The molecule has 32 heavy (non-hydrogen) atoms. The highest BCUT2D eigenvalue weighted by Gasteiger charge is 2.52. The minimum Gasteiger partial charge on any atom is -0.292 e. The average molecular weight is 471 g/mol. The molecule has 3 amide bonds. The third-order valence-corrected chi connectivity index (χ3v) is 6.47. The molecule has 1 heterocycles. The maximum atomic E-state index is 13.6. The van der Waals surface area contributed by atoms with Gasteiger partial charge in [0, 0.05) is 10.6 Å². The molecular formula is C24H20Cl2N2O4. The van der Waals surface area contributed by atoms with Crippen molar-refractivity contribution in [2.75, 3.05) is 0 Å². The van der Waals surface area contributed by atoms with Crippen molar-refractivity contribution in [3.63, 3.8) is 0 Å². The number of hydrogen-bond donors (Lipinski definition) is 0. The van der Waals surface area contributed by atoms with E-state index in [1.165, 1.54) is 31.2 Å². The van der Waals surface area contributed by atoms with Crippen LogP contribution in [0.5, 0.6) is 0 Å². The van der Waals surface area contributed by atoms with Gasteiger partial charge in [0.05, 0.1) is 22.4 Å². The van der Waals surface area contributed by atoms with E-state index in [4.69, 9.17) is 23.2 Å². The number of Topliss-reactive ketones (excluding diaryl/α,β-unsaturated/α-hetero) is 1.